The number of fused-ring (bicyclic) bond motifs is 1. The van der Waals surface area contributed by atoms with Crippen molar-refractivity contribution in [3.63, 3.8) is 0 Å². The molecule has 0 fully saturated rings. The van der Waals surface area contributed by atoms with E-state index in [1.165, 1.54) is 25.3 Å². The van der Waals surface area contributed by atoms with Crippen LogP contribution in [0.4, 0.5) is 33.3 Å². The van der Waals surface area contributed by atoms with Gasteiger partial charge in [-0.05, 0) is 48.5 Å². The third kappa shape index (κ3) is 5.60. The number of benzene rings is 3. The van der Waals surface area contributed by atoms with Crippen LogP contribution in [0.1, 0.15) is 43.4 Å². The lowest BCUT2D eigenvalue weighted by Gasteiger charge is -2.19. The highest BCUT2D eigenvalue weighted by Crippen LogP contribution is 2.41. The fraction of sp³-hybridized carbons (Fsp3) is 0.160. The van der Waals surface area contributed by atoms with Crippen molar-refractivity contribution in [3.05, 3.63) is 93.0 Å². The summed E-state index contributed by atoms with van der Waals surface area (Å²) < 4.78 is 72.2. The van der Waals surface area contributed by atoms with E-state index < -0.39 is 52.7 Å². The number of hydrogen-bond acceptors (Lipinski definition) is 4. The SMILES string of the molecule is COCC(=O)Nc1cc(NC(=O)c2cc(F)cc(C(F)(F)F)c2)c2c(c1)C(=O)NC2c1cc(F)ccc1Cl. The highest BCUT2D eigenvalue weighted by atomic mass is 35.5. The topological polar surface area (TPSA) is 96.5 Å². The number of rotatable bonds is 6. The number of methoxy groups -OCH3 is 1. The molecule has 0 radical (unpaired) electrons. The van der Waals surface area contributed by atoms with E-state index in [0.29, 0.717) is 12.1 Å². The normalized spacial score (nSPS) is 14.6. The first-order valence-corrected chi connectivity index (χ1v) is 11.2. The van der Waals surface area contributed by atoms with Crippen LogP contribution in [-0.2, 0) is 15.7 Å². The maximum Gasteiger partial charge on any atom is 0.416 e. The molecule has 3 aromatic rings. The molecule has 1 aliphatic rings. The number of carbonyl (C=O) groups is 3. The zero-order valence-corrected chi connectivity index (χ0v) is 20.1. The van der Waals surface area contributed by atoms with Crippen molar-refractivity contribution >= 4 is 40.7 Å². The predicted octanol–water partition coefficient (Wildman–Crippen LogP) is 5.31. The monoisotopic (exact) mass is 553 g/mol. The van der Waals surface area contributed by atoms with Gasteiger partial charge in [0.25, 0.3) is 11.8 Å². The molecule has 0 bridgehead atoms. The predicted molar refractivity (Wildman–Crippen MR) is 127 cm³/mol. The van der Waals surface area contributed by atoms with Gasteiger partial charge in [-0.15, -0.1) is 0 Å². The van der Waals surface area contributed by atoms with Crippen molar-refractivity contribution in [2.75, 3.05) is 24.4 Å². The second kappa shape index (κ2) is 10.4. The highest BCUT2D eigenvalue weighted by molar-refractivity contribution is 6.31. The number of carbonyl (C=O) groups excluding carboxylic acids is 3. The van der Waals surface area contributed by atoms with Crippen LogP contribution in [0.3, 0.4) is 0 Å². The number of nitrogens with one attached hydrogen (secondary N) is 3. The van der Waals surface area contributed by atoms with E-state index >= 15 is 0 Å². The Morgan fingerprint density at radius 2 is 1.76 bits per heavy atom. The van der Waals surface area contributed by atoms with Crippen molar-refractivity contribution in [1.29, 1.82) is 0 Å². The van der Waals surface area contributed by atoms with Gasteiger partial charge in [0.2, 0.25) is 5.91 Å². The number of halogens is 6. The molecule has 198 valence electrons. The van der Waals surface area contributed by atoms with E-state index in [1.54, 1.807) is 0 Å². The Morgan fingerprint density at radius 1 is 1.03 bits per heavy atom. The lowest BCUT2D eigenvalue weighted by atomic mass is 9.95. The molecule has 0 aromatic heterocycles. The van der Waals surface area contributed by atoms with Gasteiger partial charge in [-0.1, -0.05) is 11.6 Å². The Balaban J connectivity index is 1.82. The van der Waals surface area contributed by atoms with Gasteiger partial charge in [-0.25, -0.2) is 8.78 Å². The molecule has 7 nitrogen and oxygen atoms in total. The average molecular weight is 554 g/mol. The van der Waals surface area contributed by atoms with E-state index in [0.717, 1.165) is 12.1 Å². The molecule has 4 rings (SSSR count). The van der Waals surface area contributed by atoms with Crippen molar-refractivity contribution in [3.8, 4) is 0 Å². The van der Waals surface area contributed by atoms with E-state index in [2.05, 4.69) is 16.0 Å². The molecular weight excluding hydrogens is 537 g/mol. The summed E-state index contributed by atoms with van der Waals surface area (Å²) in [6.07, 6.45) is -4.92. The molecule has 38 heavy (non-hydrogen) atoms. The Bertz CT molecular complexity index is 1460. The first kappa shape index (κ1) is 27.0. The van der Waals surface area contributed by atoms with Crippen LogP contribution in [0.5, 0.6) is 0 Å². The van der Waals surface area contributed by atoms with Crippen LogP contribution in [0.2, 0.25) is 5.02 Å². The first-order valence-electron chi connectivity index (χ1n) is 10.8. The maximum atomic E-state index is 14.0. The lowest BCUT2D eigenvalue weighted by molar-refractivity contribution is -0.137. The number of anilines is 2. The largest absolute Gasteiger partial charge is 0.416 e. The van der Waals surface area contributed by atoms with Crippen molar-refractivity contribution in [2.24, 2.45) is 0 Å². The summed E-state index contributed by atoms with van der Waals surface area (Å²) in [6, 6.07) is 6.22. The van der Waals surface area contributed by atoms with Gasteiger partial charge in [-0.3, -0.25) is 14.4 Å². The number of ether oxygens (including phenoxy) is 1. The lowest BCUT2D eigenvalue weighted by Crippen LogP contribution is -2.21. The van der Waals surface area contributed by atoms with Gasteiger partial charge < -0.3 is 20.7 Å². The quantitative estimate of drug-likeness (QED) is 0.361. The van der Waals surface area contributed by atoms with Gasteiger partial charge in [0.05, 0.1) is 11.6 Å². The van der Waals surface area contributed by atoms with Gasteiger partial charge >= 0.3 is 6.18 Å². The fourth-order valence-corrected chi connectivity index (χ4v) is 4.21. The van der Waals surface area contributed by atoms with Gasteiger partial charge in [0, 0.05) is 45.8 Å². The molecular formula is C25H17ClF5N3O4. The highest BCUT2D eigenvalue weighted by Gasteiger charge is 2.36. The van der Waals surface area contributed by atoms with Crippen LogP contribution < -0.4 is 16.0 Å². The Morgan fingerprint density at radius 3 is 2.45 bits per heavy atom. The first-order chi connectivity index (χ1) is 17.9. The molecule has 1 heterocycles. The van der Waals surface area contributed by atoms with E-state index in [4.69, 9.17) is 16.3 Å². The van der Waals surface area contributed by atoms with Crippen molar-refractivity contribution in [2.45, 2.75) is 12.2 Å². The minimum absolute atomic E-state index is 0.0314. The zero-order valence-electron chi connectivity index (χ0n) is 19.3. The van der Waals surface area contributed by atoms with Crippen molar-refractivity contribution < 1.29 is 41.1 Å². The molecule has 3 aromatic carbocycles. The van der Waals surface area contributed by atoms with E-state index in [9.17, 15) is 36.3 Å². The molecule has 0 aliphatic carbocycles. The number of amides is 3. The molecule has 3 N–H and O–H groups in total. The minimum Gasteiger partial charge on any atom is -0.375 e. The van der Waals surface area contributed by atoms with Gasteiger partial charge in [0.15, 0.2) is 0 Å². The van der Waals surface area contributed by atoms with Gasteiger partial charge in [-0.2, -0.15) is 13.2 Å². The van der Waals surface area contributed by atoms with Crippen LogP contribution in [0.25, 0.3) is 0 Å². The van der Waals surface area contributed by atoms with Crippen LogP contribution in [0, 0.1) is 11.6 Å². The standard InChI is InChI=1S/C25H17ClF5N3O4/c1-38-10-20(35)32-15-8-17-21(22(34-24(17)37)16-7-13(27)2-3-18(16)26)19(9-15)33-23(36)11-4-12(25(29,30)31)6-14(28)5-11/h2-9,22H,10H2,1H3,(H,32,35)(H,33,36)(H,34,37). The summed E-state index contributed by atoms with van der Waals surface area (Å²) in [4.78, 5) is 37.9. The summed E-state index contributed by atoms with van der Waals surface area (Å²) in [5.41, 5.74) is -1.91. The average Bonchev–Trinajstić information content (AvgIpc) is 3.16. The van der Waals surface area contributed by atoms with Crippen molar-refractivity contribution in [1.82, 2.24) is 5.32 Å². The van der Waals surface area contributed by atoms with Gasteiger partial charge in [0.1, 0.15) is 18.2 Å². The van der Waals surface area contributed by atoms with Crippen LogP contribution in [-0.4, -0.2) is 31.4 Å². The summed E-state index contributed by atoms with van der Waals surface area (Å²) in [5, 5.41) is 7.55. The smallest absolute Gasteiger partial charge is 0.375 e. The van der Waals surface area contributed by atoms with Crippen LogP contribution in [0.15, 0.2) is 48.5 Å². The summed E-state index contributed by atoms with van der Waals surface area (Å²) >= 11 is 6.23. The summed E-state index contributed by atoms with van der Waals surface area (Å²) in [7, 11) is 1.28. The fourth-order valence-electron chi connectivity index (χ4n) is 3.98. The number of alkyl halides is 3. The second-order valence-electron chi connectivity index (χ2n) is 8.22. The Hall–Kier alpha value is -4.03. The summed E-state index contributed by atoms with van der Waals surface area (Å²) in [5.74, 6) is -4.36. The molecule has 1 atom stereocenters. The van der Waals surface area contributed by atoms with E-state index in [-0.39, 0.29) is 45.8 Å². The molecule has 3 amide bonds. The molecule has 1 aliphatic heterocycles. The zero-order chi connectivity index (χ0) is 27.8. The Labute approximate surface area is 216 Å². The maximum absolute atomic E-state index is 14.0. The minimum atomic E-state index is -4.92. The second-order valence-corrected chi connectivity index (χ2v) is 8.63. The molecule has 13 heteroatoms. The summed E-state index contributed by atoms with van der Waals surface area (Å²) in [6.45, 7) is -0.337. The molecule has 0 spiro atoms. The third-order valence-electron chi connectivity index (χ3n) is 5.55. The third-order valence-corrected chi connectivity index (χ3v) is 5.90. The molecule has 0 saturated heterocycles. The Kier molecular flexibility index (Phi) is 7.38. The molecule has 1 unspecified atom stereocenters. The molecule has 0 saturated carbocycles. The van der Waals surface area contributed by atoms with E-state index in [1.807, 2.05) is 0 Å². The van der Waals surface area contributed by atoms with Crippen LogP contribution >= 0.6 is 11.6 Å². The number of hydrogen-bond donors (Lipinski definition) is 3.